The molecule has 3 heterocycles. The van der Waals surface area contributed by atoms with Crippen LogP contribution in [0.5, 0.6) is 0 Å². The van der Waals surface area contributed by atoms with Crippen molar-refractivity contribution >= 4 is 15.9 Å². The van der Waals surface area contributed by atoms with Gasteiger partial charge in [-0.15, -0.1) is 0 Å². The molecule has 0 bridgehead atoms. The largest absolute Gasteiger partial charge is 0.365 e. The Morgan fingerprint density at radius 2 is 2.21 bits per heavy atom. The van der Waals surface area contributed by atoms with Gasteiger partial charge in [-0.25, -0.2) is 8.42 Å². The van der Waals surface area contributed by atoms with Gasteiger partial charge in [0.1, 0.15) is 0 Å². The molecule has 1 amide bonds. The summed E-state index contributed by atoms with van der Waals surface area (Å²) < 4.78 is 26.8. The Hall–Kier alpha value is -2.13. The first-order valence-corrected chi connectivity index (χ1v) is 9.62. The zero-order chi connectivity index (χ0) is 17.3. The SMILES string of the molecule is Cc1[nH]ccc1C(=O)NCc1cc2n(n1)CCCN(S(C)(=O)=O)C2. The Morgan fingerprint density at radius 1 is 1.42 bits per heavy atom. The molecule has 1 aliphatic rings. The monoisotopic (exact) mass is 351 g/mol. The van der Waals surface area contributed by atoms with Crippen LogP contribution in [-0.2, 0) is 29.7 Å². The molecular formula is C15H21N5O3S. The van der Waals surface area contributed by atoms with Crippen LogP contribution < -0.4 is 5.32 Å². The van der Waals surface area contributed by atoms with E-state index in [9.17, 15) is 13.2 Å². The molecule has 0 saturated carbocycles. The molecule has 2 aromatic heterocycles. The molecule has 9 heteroatoms. The number of aryl methyl sites for hydroxylation is 2. The Bertz CT molecular complexity index is 852. The summed E-state index contributed by atoms with van der Waals surface area (Å²) in [5.74, 6) is -0.158. The quantitative estimate of drug-likeness (QED) is 0.843. The van der Waals surface area contributed by atoms with Crippen molar-refractivity contribution in [1.29, 1.82) is 0 Å². The molecule has 0 aromatic carbocycles. The lowest BCUT2D eigenvalue weighted by Gasteiger charge is -2.16. The van der Waals surface area contributed by atoms with Gasteiger partial charge in [-0.05, 0) is 25.5 Å². The van der Waals surface area contributed by atoms with Crippen molar-refractivity contribution in [2.24, 2.45) is 0 Å². The first-order chi connectivity index (χ1) is 11.3. The Kier molecular flexibility index (Phi) is 4.46. The van der Waals surface area contributed by atoms with Gasteiger partial charge in [0.2, 0.25) is 10.0 Å². The first kappa shape index (κ1) is 16.7. The summed E-state index contributed by atoms with van der Waals surface area (Å²) in [4.78, 5) is 15.1. The average molecular weight is 351 g/mol. The molecule has 0 fully saturated rings. The number of H-pyrrole nitrogens is 1. The van der Waals surface area contributed by atoms with Crippen molar-refractivity contribution < 1.29 is 13.2 Å². The van der Waals surface area contributed by atoms with E-state index in [0.717, 1.165) is 23.5 Å². The summed E-state index contributed by atoms with van der Waals surface area (Å²) in [6.07, 6.45) is 3.66. The van der Waals surface area contributed by atoms with Gasteiger partial charge in [0.05, 0.1) is 36.3 Å². The van der Waals surface area contributed by atoms with E-state index < -0.39 is 10.0 Å². The number of nitrogens with one attached hydrogen (secondary N) is 2. The van der Waals surface area contributed by atoms with Gasteiger partial charge in [0.15, 0.2) is 0 Å². The summed E-state index contributed by atoms with van der Waals surface area (Å²) in [6, 6.07) is 3.59. The number of hydrogen-bond donors (Lipinski definition) is 2. The van der Waals surface area contributed by atoms with Crippen molar-refractivity contribution in [2.75, 3.05) is 12.8 Å². The fraction of sp³-hybridized carbons (Fsp3) is 0.467. The molecule has 1 aliphatic heterocycles. The highest BCUT2D eigenvalue weighted by molar-refractivity contribution is 7.88. The Morgan fingerprint density at radius 3 is 2.88 bits per heavy atom. The lowest BCUT2D eigenvalue weighted by Crippen LogP contribution is -2.29. The molecule has 8 nitrogen and oxygen atoms in total. The second-order valence-corrected chi connectivity index (χ2v) is 7.98. The zero-order valence-corrected chi connectivity index (χ0v) is 14.6. The van der Waals surface area contributed by atoms with Crippen LogP contribution in [0.2, 0.25) is 0 Å². The Labute approximate surface area is 140 Å². The summed E-state index contributed by atoms with van der Waals surface area (Å²) in [5.41, 5.74) is 3.00. The normalized spacial score (nSPS) is 15.8. The highest BCUT2D eigenvalue weighted by Crippen LogP contribution is 2.16. The number of rotatable bonds is 4. The minimum atomic E-state index is -3.22. The van der Waals surface area contributed by atoms with Gasteiger partial charge in [-0.1, -0.05) is 0 Å². The maximum atomic E-state index is 12.1. The highest BCUT2D eigenvalue weighted by Gasteiger charge is 2.22. The van der Waals surface area contributed by atoms with Crippen molar-refractivity contribution in [2.45, 2.75) is 33.0 Å². The van der Waals surface area contributed by atoms with Crippen LogP contribution in [0.3, 0.4) is 0 Å². The van der Waals surface area contributed by atoms with Crippen molar-refractivity contribution in [3.63, 3.8) is 0 Å². The number of carbonyl (C=O) groups is 1. The van der Waals surface area contributed by atoms with E-state index >= 15 is 0 Å². The lowest BCUT2D eigenvalue weighted by atomic mass is 10.2. The first-order valence-electron chi connectivity index (χ1n) is 7.77. The zero-order valence-electron chi connectivity index (χ0n) is 13.7. The second-order valence-electron chi connectivity index (χ2n) is 6.00. The molecule has 24 heavy (non-hydrogen) atoms. The molecule has 3 rings (SSSR count). The number of nitrogens with zero attached hydrogens (tertiary/aromatic N) is 3. The second kappa shape index (κ2) is 6.40. The van der Waals surface area contributed by atoms with E-state index in [1.807, 2.05) is 17.7 Å². The molecule has 130 valence electrons. The van der Waals surface area contributed by atoms with Crippen molar-refractivity contribution in [3.8, 4) is 0 Å². The van der Waals surface area contributed by atoms with Crippen LogP contribution in [0.25, 0.3) is 0 Å². The number of aromatic nitrogens is 3. The third kappa shape index (κ3) is 3.51. The van der Waals surface area contributed by atoms with E-state index in [4.69, 9.17) is 0 Å². The summed E-state index contributed by atoms with van der Waals surface area (Å²) in [6.45, 7) is 3.64. The van der Waals surface area contributed by atoms with E-state index in [-0.39, 0.29) is 5.91 Å². The number of fused-ring (bicyclic) bond motifs is 1. The van der Waals surface area contributed by atoms with E-state index in [2.05, 4.69) is 15.4 Å². The molecule has 2 N–H and O–H groups in total. The minimum absolute atomic E-state index is 0.158. The smallest absolute Gasteiger partial charge is 0.253 e. The van der Waals surface area contributed by atoms with E-state index in [0.29, 0.717) is 31.7 Å². The van der Waals surface area contributed by atoms with Crippen molar-refractivity contribution in [3.05, 3.63) is 41.0 Å². The molecule has 2 aromatic rings. The number of hydrogen-bond acceptors (Lipinski definition) is 4. The Balaban J connectivity index is 1.69. The van der Waals surface area contributed by atoms with Gasteiger partial charge in [-0.2, -0.15) is 9.40 Å². The van der Waals surface area contributed by atoms with Crippen LogP contribution >= 0.6 is 0 Å². The third-order valence-corrected chi connectivity index (χ3v) is 5.38. The summed E-state index contributed by atoms with van der Waals surface area (Å²) in [5, 5.41) is 7.32. The molecule has 0 saturated heterocycles. The number of carbonyl (C=O) groups excluding carboxylic acids is 1. The fourth-order valence-electron chi connectivity index (χ4n) is 2.83. The van der Waals surface area contributed by atoms with Gasteiger partial charge < -0.3 is 10.3 Å². The highest BCUT2D eigenvalue weighted by atomic mass is 32.2. The van der Waals surface area contributed by atoms with Crippen LogP contribution in [0.4, 0.5) is 0 Å². The standard InChI is InChI=1S/C15H21N5O3S/c1-11-14(4-5-16-11)15(21)17-9-12-8-13-10-19(24(2,22)23)6-3-7-20(13)18-12/h4-5,8,16H,3,6-7,9-10H2,1-2H3,(H,17,21). The van der Waals surface area contributed by atoms with Crippen molar-refractivity contribution in [1.82, 2.24) is 24.4 Å². The van der Waals surface area contributed by atoms with Crippen LogP contribution in [-0.4, -0.2) is 46.2 Å². The van der Waals surface area contributed by atoms with Gasteiger partial charge in [-0.3, -0.25) is 9.48 Å². The molecule has 0 radical (unpaired) electrons. The third-order valence-electron chi connectivity index (χ3n) is 4.13. The lowest BCUT2D eigenvalue weighted by molar-refractivity contribution is 0.0950. The molecular weight excluding hydrogens is 330 g/mol. The maximum Gasteiger partial charge on any atom is 0.253 e. The molecule has 0 unspecified atom stereocenters. The maximum absolute atomic E-state index is 12.1. The van der Waals surface area contributed by atoms with Crippen LogP contribution in [0.1, 0.15) is 33.9 Å². The van der Waals surface area contributed by atoms with E-state index in [1.165, 1.54) is 10.6 Å². The van der Waals surface area contributed by atoms with Gasteiger partial charge in [0.25, 0.3) is 5.91 Å². The predicted molar refractivity (Wildman–Crippen MR) is 88.8 cm³/mol. The summed E-state index contributed by atoms with van der Waals surface area (Å²) in [7, 11) is -3.22. The minimum Gasteiger partial charge on any atom is -0.365 e. The van der Waals surface area contributed by atoms with Gasteiger partial charge in [0, 0.05) is 25.0 Å². The molecule has 0 spiro atoms. The van der Waals surface area contributed by atoms with Gasteiger partial charge >= 0.3 is 0 Å². The average Bonchev–Trinajstić information content (AvgIpc) is 3.04. The molecule has 0 aliphatic carbocycles. The van der Waals surface area contributed by atoms with Crippen LogP contribution in [0, 0.1) is 6.92 Å². The fourth-order valence-corrected chi connectivity index (χ4v) is 3.65. The number of amides is 1. The number of sulfonamides is 1. The van der Waals surface area contributed by atoms with Crippen LogP contribution in [0.15, 0.2) is 18.3 Å². The van der Waals surface area contributed by atoms with E-state index in [1.54, 1.807) is 12.3 Å². The number of aromatic amines is 1. The molecule has 0 atom stereocenters. The topological polar surface area (TPSA) is 100 Å². The predicted octanol–water partition coefficient (Wildman–Crippen LogP) is 0.615. The summed E-state index contributed by atoms with van der Waals surface area (Å²) >= 11 is 0.